The Kier molecular flexibility index (Phi) is 5.85. The zero-order valence-electron chi connectivity index (χ0n) is 20.7. The minimum Gasteiger partial charge on any atom is -0.464 e. The number of hydrogen-bond donors (Lipinski definition) is 0. The molecule has 8 aromatic heterocycles. The van der Waals surface area contributed by atoms with E-state index < -0.39 is 0 Å². The Hall–Kier alpha value is -4.08. The number of furan rings is 4. The standard InChI is InChI=1S/C32H18O4S4/c1-3-19(33-17-1)25-9-11-27(37-25)21-5-7-23(35-21)29-13-15-31(39-29)32-16-14-30(40-32)24-8-6-22(36-24)28-12-10-26(38-28)20-4-2-18-34-20/h1-18H. The van der Waals surface area contributed by atoms with Crippen LogP contribution in [0.3, 0.4) is 0 Å². The zero-order chi connectivity index (χ0) is 26.5. The highest BCUT2D eigenvalue weighted by Gasteiger charge is 2.16. The Morgan fingerprint density at radius 2 is 0.600 bits per heavy atom. The molecular weight excluding hydrogens is 577 g/mol. The summed E-state index contributed by atoms with van der Waals surface area (Å²) < 4.78 is 23.6. The zero-order valence-corrected chi connectivity index (χ0v) is 23.9. The predicted molar refractivity (Wildman–Crippen MR) is 165 cm³/mol. The van der Waals surface area contributed by atoms with Crippen LogP contribution in [-0.2, 0) is 0 Å². The lowest BCUT2D eigenvalue weighted by Gasteiger charge is -1.94. The minimum atomic E-state index is 0.863. The fraction of sp³-hybridized carbons (Fsp3) is 0. The summed E-state index contributed by atoms with van der Waals surface area (Å²) in [5, 5.41) is 0. The Labute approximate surface area is 245 Å². The van der Waals surface area contributed by atoms with Crippen LogP contribution in [0, 0.1) is 0 Å². The molecule has 0 saturated carbocycles. The van der Waals surface area contributed by atoms with Crippen molar-refractivity contribution in [1.82, 2.24) is 0 Å². The fourth-order valence-electron chi connectivity index (χ4n) is 4.45. The third-order valence-electron chi connectivity index (χ3n) is 6.38. The van der Waals surface area contributed by atoms with Gasteiger partial charge in [-0.05, 0) is 97.1 Å². The van der Waals surface area contributed by atoms with E-state index in [0.717, 1.165) is 63.8 Å². The van der Waals surface area contributed by atoms with Crippen molar-refractivity contribution in [2.75, 3.05) is 0 Å². The Morgan fingerprint density at radius 3 is 0.925 bits per heavy atom. The molecule has 0 radical (unpaired) electrons. The van der Waals surface area contributed by atoms with Crippen LogP contribution >= 0.6 is 45.3 Å². The molecule has 4 nitrogen and oxygen atoms in total. The normalized spacial score (nSPS) is 11.5. The van der Waals surface area contributed by atoms with Gasteiger partial charge >= 0.3 is 0 Å². The molecule has 8 heterocycles. The van der Waals surface area contributed by atoms with Gasteiger partial charge < -0.3 is 17.7 Å². The van der Waals surface area contributed by atoms with E-state index in [-0.39, 0.29) is 0 Å². The number of rotatable bonds is 7. The molecular formula is C32H18O4S4. The Morgan fingerprint density at radius 1 is 0.300 bits per heavy atom. The monoisotopic (exact) mass is 594 g/mol. The van der Waals surface area contributed by atoms with Crippen LogP contribution in [0.1, 0.15) is 0 Å². The maximum atomic E-state index is 6.25. The van der Waals surface area contributed by atoms with Gasteiger partial charge in [0.2, 0.25) is 0 Å². The first-order chi connectivity index (χ1) is 19.8. The molecule has 0 unspecified atom stereocenters. The SMILES string of the molecule is c1coc(-c2ccc(-c3ccc(-c4ccc(-c5ccc(-c6ccc(-c7ccc(-c8ccco8)s7)o6)s5)s4)o3)s2)c1. The maximum Gasteiger partial charge on any atom is 0.144 e. The van der Waals surface area contributed by atoms with Gasteiger partial charge in [0.15, 0.2) is 0 Å². The highest BCUT2D eigenvalue weighted by molar-refractivity contribution is 7.25. The van der Waals surface area contributed by atoms with Crippen LogP contribution < -0.4 is 0 Å². The third kappa shape index (κ3) is 4.35. The van der Waals surface area contributed by atoms with Gasteiger partial charge in [-0.15, -0.1) is 45.3 Å². The summed E-state index contributed by atoms with van der Waals surface area (Å²) in [6.07, 6.45) is 3.39. The van der Waals surface area contributed by atoms with Crippen LogP contribution in [-0.4, -0.2) is 0 Å². The molecule has 0 N–H and O–H groups in total. The first kappa shape index (κ1) is 23.8. The molecule has 0 aliphatic rings. The van der Waals surface area contributed by atoms with Crippen LogP contribution in [0.15, 0.2) is 127 Å². The second-order valence-electron chi connectivity index (χ2n) is 8.94. The summed E-state index contributed by atoms with van der Waals surface area (Å²) in [7, 11) is 0. The van der Waals surface area contributed by atoms with Crippen LogP contribution in [0.25, 0.3) is 73.6 Å². The summed E-state index contributed by atoms with van der Waals surface area (Å²) >= 11 is 6.78. The first-order valence-corrected chi connectivity index (χ1v) is 15.7. The van der Waals surface area contributed by atoms with E-state index in [2.05, 4.69) is 48.5 Å². The molecule has 0 fully saturated rings. The van der Waals surface area contributed by atoms with Gasteiger partial charge in [-0.1, -0.05) is 0 Å². The molecule has 8 rings (SSSR count). The van der Waals surface area contributed by atoms with Crippen molar-refractivity contribution in [2.45, 2.75) is 0 Å². The lowest BCUT2D eigenvalue weighted by atomic mass is 10.3. The van der Waals surface area contributed by atoms with E-state index in [1.54, 1.807) is 57.9 Å². The molecule has 0 saturated heterocycles. The molecule has 8 heteroatoms. The van der Waals surface area contributed by atoms with Crippen molar-refractivity contribution in [1.29, 1.82) is 0 Å². The second kappa shape index (κ2) is 9.83. The van der Waals surface area contributed by atoms with E-state index in [0.29, 0.717) is 0 Å². The average molecular weight is 595 g/mol. The van der Waals surface area contributed by atoms with Crippen molar-refractivity contribution in [3.8, 4) is 73.6 Å². The van der Waals surface area contributed by atoms with Gasteiger partial charge in [0.05, 0.1) is 41.8 Å². The van der Waals surface area contributed by atoms with Gasteiger partial charge in [0.25, 0.3) is 0 Å². The molecule has 0 bridgehead atoms. The number of hydrogen-bond acceptors (Lipinski definition) is 8. The molecule has 0 aromatic carbocycles. The van der Waals surface area contributed by atoms with E-state index in [4.69, 9.17) is 17.7 Å². The highest BCUT2D eigenvalue weighted by Crippen LogP contribution is 2.44. The molecule has 0 amide bonds. The minimum absolute atomic E-state index is 0.863. The van der Waals surface area contributed by atoms with Crippen molar-refractivity contribution >= 4 is 45.3 Å². The van der Waals surface area contributed by atoms with E-state index in [1.807, 2.05) is 48.5 Å². The van der Waals surface area contributed by atoms with Crippen LogP contribution in [0.5, 0.6) is 0 Å². The fourth-order valence-corrected chi connectivity index (χ4v) is 8.35. The predicted octanol–water partition coefficient (Wildman–Crippen LogP) is 12.0. The van der Waals surface area contributed by atoms with Crippen molar-refractivity contribution in [3.05, 3.63) is 110 Å². The highest BCUT2D eigenvalue weighted by atomic mass is 32.1. The summed E-state index contributed by atoms with van der Waals surface area (Å²) in [6.45, 7) is 0. The van der Waals surface area contributed by atoms with E-state index in [9.17, 15) is 0 Å². The molecule has 8 aromatic rings. The van der Waals surface area contributed by atoms with Crippen molar-refractivity contribution < 1.29 is 17.7 Å². The molecule has 0 aliphatic carbocycles. The number of thiophene rings is 4. The molecule has 0 aliphatic heterocycles. The van der Waals surface area contributed by atoms with Gasteiger partial charge in [-0.25, -0.2) is 0 Å². The lowest BCUT2D eigenvalue weighted by molar-refractivity contribution is 0.583. The van der Waals surface area contributed by atoms with E-state index in [1.165, 1.54) is 9.75 Å². The summed E-state index contributed by atoms with van der Waals surface area (Å²) in [6, 6.07) is 32.8. The van der Waals surface area contributed by atoms with Gasteiger partial charge in [0.1, 0.15) is 34.6 Å². The van der Waals surface area contributed by atoms with Crippen molar-refractivity contribution in [2.24, 2.45) is 0 Å². The molecule has 194 valence electrons. The first-order valence-electron chi connectivity index (χ1n) is 12.5. The Balaban J connectivity index is 1.00. The molecule has 0 spiro atoms. The molecule has 40 heavy (non-hydrogen) atoms. The largest absolute Gasteiger partial charge is 0.464 e. The average Bonchev–Trinajstić information content (AvgIpc) is 3.84. The third-order valence-corrected chi connectivity index (χ3v) is 11.0. The van der Waals surface area contributed by atoms with E-state index >= 15 is 0 Å². The quantitative estimate of drug-likeness (QED) is 0.184. The van der Waals surface area contributed by atoms with Gasteiger partial charge in [-0.3, -0.25) is 0 Å². The maximum absolute atomic E-state index is 6.25. The topological polar surface area (TPSA) is 52.6 Å². The lowest BCUT2D eigenvalue weighted by Crippen LogP contribution is -1.63. The van der Waals surface area contributed by atoms with Crippen LogP contribution in [0.4, 0.5) is 0 Å². The van der Waals surface area contributed by atoms with Gasteiger partial charge in [0, 0.05) is 9.75 Å². The van der Waals surface area contributed by atoms with Gasteiger partial charge in [-0.2, -0.15) is 0 Å². The summed E-state index contributed by atoms with van der Waals surface area (Å²) in [5.41, 5.74) is 0. The summed E-state index contributed by atoms with van der Waals surface area (Å²) in [4.78, 5) is 8.94. The molecule has 0 atom stereocenters. The smallest absolute Gasteiger partial charge is 0.144 e. The second-order valence-corrected chi connectivity index (χ2v) is 13.3. The summed E-state index contributed by atoms with van der Waals surface area (Å²) in [5.74, 6) is 5.21. The van der Waals surface area contributed by atoms with Crippen molar-refractivity contribution in [3.63, 3.8) is 0 Å². The van der Waals surface area contributed by atoms with Crippen LogP contribution in [0.2, 0.25) is 0 Å². The Bertz CT molecular complexity index is 1870.